The molecule has 0 spiro atoms. The van der Waals surface area contributed by atoms with Crippen molar-refractivity contribution in [3.05, 3.63) is 0 Å². The van der Waals surface area contributed by atoms with E-state index in [1.807, 2.05) is 0 Å². The highest BCUT2D eigenvalue weighted by Gasteiger charge is 2.43. The quantitative estimate of drug-likeness (QED) is 0.727. The summed E-state index contributed by atoms with van der Waals surface area (Å²) in [7, 11) is -2.82. The van der Waals surface area contributed by atoms with E-state index in [1.54, 1.807) is 11.8 Å². The Morgan fingerprint density at radius 2 is 2.11 bits per heavy atom. The van der Waals surface area contributed by atoms with Gasteiger partial charge in [0.15, 0.2) is 15.0 Å². The van der Waals surface area contributed by atoms with Crippen LogP contribution in [-0.2, 0) is 9.84 Å². The first-order valence-electron chi connectivity index (χ1n) is 6.94. The van der Waals surface area contributed by atoms with Crippen LogP contribution in [0.3, 0.4) is 0 Å². The van der Waals surface area contributed by atoms with Crippen LogP contribution in [-0.4, -0.2) is 67.5 Å². The molecule has 0 aliphatic carbocycles. The van der Waals surface area contributed by atoms with E-state index in [-0.39, 0.29) is 17.0 Å². The summed E-state index contributed by atoms with van der Waals surface area (Å²) in [6.07, 6.45) is 1.06. The standard InChI is InChI=1S/C12H23N3O2S2/c1-3-15(4-2)7-5-6-13-12-14-10-8-19(16,17)9-11(10)18-12/h10-11H,3-9H2,1-2H3,(H,13,14)/t10-,11-/m1/s1. The van der Waals surface area contributed by atoms with E-state index in [2.05, 4.69) is 29.1 Å². The predicted molar refractivity (Wildman–Crippen MR) is 81.7 cm³/mol. The molecule has 2 heterocycles. The molecule has 0 bridgehead atoms. The lowest BCUT2D eigenvalue weighted by Crippen LogP contribution is -2.31. The summed E-state index contributed by atoms with van der Waals surface area (Å²) in [5.41, 5.74) is 0. The van der Waals surface area contributed by atoms with E-state index >= 15 is 0 Å². The Bertz CT molecular complexity index is 410. The minimum absolute atomic E-state index is 0.0801. The van der Waals surface area contributed by atoms with Crippen molar-refractivity contribution in [1.29, 1.82) is 0 Å². The van der Waals surface area contributed by atoms with Gasteiger partial charge in [0.25, 0.3) is 0 Å². The first-order chi connectivity index (χ1) is 9.04. The Hall–Kier alpha value is -0.270. The second kappa shape index (κ2) is 6.45. The SMILES string of the molecule is CCN(CC)CCCN=C1N[C@@H]2CS(=O)(=O)C[C@H]2S1. The van der Waals surface area contributed by atoms with Gasteiger partial charge in [0.2, 0.25) is 0 Å². The molecule has 19 heavy (non-hydrogen) atoms. The van der Waals surface area contributed by atoms with Gasteiger partial charge in [-0.25, -0.2) is 8.42 Å². The van der Waals surface area contributed by atoms with Gasteiger partial charge in [-0.2, -0.15) is 0 Å². The number of aliphatic imine (C=N–C) groups is 1. The lowest BCUT2D eigenvalue weighted by atomic mass is 10.3. The zero-order valence-corrected chi connectivity index (χ0v) is 13.3. The van der Waals surface area contributed by atoms with Gasteiger partial charge in [0.1, 0.15) is 0 Å². The molecule has 0 unspecified atom stereocenters. The molecule has 0 saturated carbocycles. The van der Waals surface area contributed by atoms with E-state index in [4.69, 9.17) is 0 Å². The Kier molecular flexibility index (Phi) is 5.14. The third-order valence-corrected chi connectivity index (χ3v) is 6.87. The van der Waals surface area contributed by atoms with Crippen LogP contribution in [0.4, 0.5) is 0 Å². The van der Waals surface area contributed by atoms with Crippen LogP contribution in [0, 0.1) is 0 Å². The Balaban J connectivity index is 1.72. The maximum absolute atomic E-state index is 11.5. The maximum Gasteiger partial charge on any atom is 0.157 e. The number of hydrogen-bond donors (Lipinski definition) is 1. The zero-order chi connectivity index (χ0) is 13.9. The van der Waals surface area contributed by atoms with Crippen molar-refractivity contribution in [2.45, 2.75) is 31.6 Å². The van der Waals surface area contributed by atoms with Crippen LogP contribution < -0.4 is 5.32 Å². The molecule has 1 N–H and O–H groups in total. The Labute approximate surface area is 120 Å². The van der Waals surface area contributed by atoms with Gasteiger partial charge in [-0.15, -0.1) is 0 Å². The predicted octanol–water partition coefficient (Wildman–Crippen LogP) is 0.576. The van der Waals surface area contributed by atoms with E-state index in [0.717, 1.165) is 37.8 Å². The second-order valence-electron chi connectivity index (χ2n) is 5.05. The molecule has 2 aliphatic heterocycles. The fraction of sp³-hybridized carbons (Fsp3) is 0.917. The van der Waals surface area contributed by atoms with Gasteiger partial charge >= 0.3 is 0 Å². The molecule has 0 radical (unpaired) electrons. The number of thioether (sulfide) groups is 1. The number of amidine groups is 1. The minimum Gasteiger partial charge on any atom is -0.360 e. The maximum atomic E-state index is 11.5. The molecule has 2 fully saturated rings. The fourth-order valence-electron chi connectivity index (χ4n) is 2.50. The smallest absolute Gasteiger partial charge is 0.157 e. The van der Waals surface area contributed by atoms with Crippen molar-refractivity contribution in [2.24, 2.45) is 4.99 Å². The molecule has 7 heteroatoms. The lowest BCUT2D eigenvalue weighted by molar-refractivity contribution is 0.302. The lowest BCUT2D eigenvalue weighted by Gasteiger charge is -2.16. The van der Waals surface area contributed by atoms with Crippen molar-refractivity contribution in [2.75, 3.05) is 37.7 Å². The van der Waals surface area contributed by atoms with Crippen molar-refractivity contribution in [3.8, 4) is 0 Å². The highest BCUT2D eigenvalue weighted by Crippen LogP contribution is 2.31. The molecule has 2 rings (SSSR count). The van der Waals surface area contributed by atoms with Gasteiger partial charge in [-0.1, -0.05) is 25.6 Å². The van der Waals surface area contributed by atoms with E-state index < -0.39 is 9.84 Å². The van der Waals surface area contributed by atoms with Gasteiger partial charge in [-0.05, 0) is 26.1 Å². The number of nitrogens with zero attached hydrogens (tertiary/aromatic N) is 2. The molecule has 2 saturated heterocycles. The molecular formula is C12H23N3O2S2. The number of hydrogen-bond acceptors (Lipinski definition) is 5. The topological polar surface area (TPSA) is 61.8 Å². The molecule has 0 aromatic heterocycles. The fourth-order valence-corrected chi connectivity index (χ4v) is 6.25. The van der Waals surface area contributed by atoms with Crippen molar-refractivity contribution in [3.63, 3.8) is 0 Å². The van der Waals surface area contributed by atoms with Crippen molar-refractivity contribution in [1.82, 2.24) is 10.2 Å². The van der Waals surface area contributed by atoms with Crippen molar-refractivity contribution < 1.29 is 8.42 Å². The average Bonchev–Trinajstić information content (AvgIpc) is 2.82. The number of sulfone groups is 1. The highest BCUT2D eigenvalue weighted by molar-refractivity contribution is 8.15. The monoisotopic (exact) mass is 305 g/mol. The van der Waals surface area contributed by atoms with Gasteiger partial charge in [0, 0.05) is 11.8 Å². The Morgan fingerprint density at radius 3 is 2.74 bits per heavy atom. The van der Waals surface area contributed by atoms with Crippen LogP contribution in [0.25, 0.3) is 0 Å². The molecule has 0 aromatic carbocycles. The van der Waals surface area contributed by atoms with Gasteiger partial charge in [0.05, 0.1) is 17.5 Å². The zero-order valence-electron chi connectivity index (χ0n) is 11.6. The molecular weight excluding hydrogens is 282 g/mol. The van der Waals surface area contributed by atoms with Crippen LogP contribution in [0.5, 0.6) is 0 Å². The van der Waals surface area contributed by atoms with Gasteiger partial charge < -0.3 is 10.2 Å². The summed E-state index contributed by atoms with van der Waals surface area (Å²) in [5, 5.41) is 4.35. The van der Waals surface area contributed by atoms with Crippen LogP contribution in [0.2, 0.25) is 0 Å². The minimum atomic E-state index is -2.82. The summed E-state index contributed by atoms with van der Waals surface area (Å²) in [5.74, 6) is 0.566. The second-order valence-corrected chi connectivity index (χ2v) is 8.43. The Morgan fingerprint density at radius 1 is 1.37 bits per heavy atom. The first kappa shape index (κ1) is 15.1. The number of fused-ring (bicyclic) bond motifs is 1. The van der Waals surface area contributed by atoms with Crippen molar-refractivity contribution >= 4 is 26.8 Å². The average molecular weight is 305 g/mol. The number of rotatable bonds is 6. The summed E-state index contributed by atoms with van der Waals surface area (Å²) in [4.78, 5) is 6.93. The van der Waals surface area contributed by atoms with Crippen LogP contribution >= 0.6 is 11.8 Å². The van der Waals surface area contributed by atoms with E-state index in [0.29, 0.717) is 5.75 Å². The van der Waals surface area contributed by atoms with Crippen LogP contribution in [0.15, 0.2) is 4.99 Å². The summed E-state index contributed by atoms with van der Waals surface area (Å²) < 4.78 is 22.9. The van der Waals surface area contributed by atoms with E-state index in [9.17, 15) is 8.42 Å². The largest absolute Gasteiger partial charge is 0.360 e. The van der Waals surface area contributed by atoms with Crippen LogP contribution in [0.1, 0.15) is 20.3 Å². The third-order valence-electron chi connectivity index (χ3n) is 3.65. The summed E-state index contributed by atoms with van der Waals surface area (Å²) in [6.45, 7) is 8.41. The summed E-state index contributed by atoms with van der Waals surface area (Å²) in [6, 6.07) is 0.0801. The normalized spacial score (nSPS) is 30.8. The highest BCUT2D eigenvalue weighted by atomic mass is 32.2. The number of nitrogens with one attached hydrogen (secondary N) is 1. The molecule has 2 aliphatic rings. The molecule has 5 nitrogen and oxygen atoms in total. The first-order valence-corrected chi connectivity index (χ1v) is 9.64. The summed E-state index contributed by atoms with van der Waals surface area (Å²) >= 11 is 1.60. The molecule has 0 amide bonds. The third kappa shape index (κ3) is 4.10. The van der Waals surface area contributed by atoms with Gasteiger partial charge in [-0.3, -0.25) is 4.99 Å². The molecule has 2 atom stereocenters. The molecule has 110 valence electrons. The van der Waals surface area contributed by atoms with E-state index in [1.165, 1.54) is 0 Å². The molecule has 0 aromatic rings.